The Morgan fingerprint density at radius 1 is 1.41 bits per heavy atom. The van der Waals surface area contributed by atoms with E-state index in [2.05, 4.69) is 5.32 Å². The van der Waals surface area contributed by atoms with E-state index in [-0.39, 0.29) is 17.8 Å². The van der Waals surface area contributed by atoms with E-state index in [1.165, 1.54) is 0 Å². The molecule has 5 nitrogen and oxygen atoms in total. The van der Waals surface area contributed by atoms with Crippen molar-refractivity contribution < 1.29 is 13.2 Å². The molecule has 0 bridgehead atoms. The van der Waals surface area contributed by atoms with Crippen molar-refractivity contribution in [3.05, 3.63) is 0 Å². The van der Waals surface area contributed by atoms with Gasteiger partial charge in [0.1, 0.15) is 0 Å². The van der Waals surface area contributed by atoms with E-state index >= 15 is 0 Å². The van der Waals surface area contributed by atoms with Crippen molar-refractivity contribution in [1.82, 2.24) is 9.62 Å². The van der Waals surface area contributed by atoms with Crippen LogP contribution in [0.15, 0.2) is 0 Å². The Kier molecular flexibility index (Phi) is 4.07. The molecule has 0 radical (unpaired) electrons. The van der Waals surface area contributed by atoms with Crippen LogP contribution in [-0.2, 0) is 14.8 Å². The highest BCUT2D eigenvalue weighted by molar-refractivity contribution is 7.89. The Balaban J connectivity index is 2.04. The van der Waals surface area contributed by atoms with E-state index < -0.39 is 10.0 Å². The monoisotopic (exact) mass is 262 g/mol. The number of hydrogen-bond donors (Lipinski definition) is 1. The maximum atomic E-state index is 12.3. The summed E-state index contributed by atoms with van der Waals surface area (Å²) in [5.41, 5.74) is 0. The van der Waals surface area contributed by atoms with Gasteiger partial charge in [0.05, 0.1) is 12.4 Å². The first kappa shape index (κ1) is 13.3. The van der Waals surface area contributed by atoms with Gasteiger partial charge in [-0.2, -0.15) is 4.31 Å². The summed E-state index contributed by atoms with van der Waals surface area (Å²) in [5, 5.41) is 3.28. The fourth-order valence-corrected chi connectivity index (χ4v) is 4.85. The average molecular weight is 262 g/mol. The molecular weight excluding hydrogens is 240 g/mol. The highest BCUT2D eigenvalue weighted by Gasteiger charge is 2.46. The topological polar surface area (TPSA) is 58.6 Å². The Hall–Kier alpha value is -0.170. The summed E-state index contributed by atoms with van der Waals surface area (Å²) in [5.74, 6) is 0.598. The van der Waals surface area contributed by atoms with Gasteiger partial charge < -0.3 is 10.1 Å². The molecule has 1 N–H and O–H groups in total. The smallest absolute Gasteiger partial charge is 0.216 e. The van der Waals surface area contributed by atoms with Gasteiger partial charge in [0.25, 0.3) is 0 Å². The molecule has 0 aromatic carbocycles. The number of nitrogens with zero attached hydrogens (tertiary/aromatic N) is 1. The first-order valence-corrected chi connectivity index (χ1v) is 7.97. The zero-order valence-electron chi connectivity index (χ0n) is 10.6. The van der Waals surface area contributed by atoms with Crippen LogP contribution >= 0.6 is 0 Å². The van der Waals surface area contributed by atoms with Gasteiger partial charge in [-0.3, -0.25) is 0 Å². The molecule has 3 atom stereocenters. The second kappa shape index (κ2) is 5.22. The molecule has 3 unspecified atom stereocenters. The van der Waals surface area contributed by atoms with E-state index in [1.807, 2.05) is 13.8 Å². The van der Waals surface area contributed by atoms with Gasteiger partial charge in [0, 0.05) is 25.2 Å². The Labute approximate surface area is 104 Å². The van der Waals surface area contributed by atoms with Crippen molar-refractivity contribution >= 4 is 10.0 Å². The molecular formula is C11H22N2O3S. The molecule has 0 aromatic heterocycles. The number of rotatable bonds is 5. The molecule has 2 fully saturated rings. The van der Waals surface area contributed by atoms with Gasteiger partial charge in [-0.1, -0.05) is 0 Å². The van der Waals surface area contributed by atoms with Crippen molar-refractivity contribution in [2.75, 3.05) is 32.1 Å². The Bertz CT molecular complexity index is 358. The molecule has 2 aliphatic rings. The fourth-order valence-electron chi connectivity index (χ4n) is 3.02. The third-order valence-electron chi connectivity index (χ3n) is 3.72. The lowest BCUT2D eigenvalue weighted by Crippen LogP contribution is -2.44. The quantitative estimate of drug-likeness (QED) is 0.711. The summed E-state index contributed by atoms with van der Waals surface area (Å²) < 4.78 is 31.4. The largest absolute Gasteiger partial charge is 0.381 e. The highest BCUT2D eigenvalue weighted by Crippen LogP contribution is 2.34. The third-order valence-corrected chi connectivity index (χ3v) is 5.68. The van der Waals surface area contributed by atoms with Crippen LogP contribution < -0.4 is 5.32 Å². The molecule has 0 amide bonds. The maximum Gasteiger partial charge on any atom is 0.216 e. The second-order valence-electron chi connectivity index (χ2n) is 4.91. The van der Waals surface area contributed by atoms with Crippen LogP contribution in [0.1, 0.15) is 20.3 Å². The summed E-state index contributed by atoms with van der Waals surface area (Å²) in [4.78, 5) is 0. The fraction of sp³-hybridized carbons (Fsp3) is 1.00. The molecule has 0 spiro atoms. The van der Waals surface area contributed by atoms with Gasteiger partial charge in [0.15, 0.2) is 0 Å². The lowest BCUT2D eigenvalue weighted by molar-refractivity contribution is 0.162. The molecule has 2 aliphatic heterocycles. The molecule has 2 heterocycles. The Morgan fingerprint density at radius 3 is 2.88 bits per heavy atom. The number of sulfonamides is 1. The van der Waals surface area contributed by atoms with E-state index in [9.17, 15) is 8.42 Å². The van der Waals surface area contributed by atoms with Crippen molar-refractivity contribution in [3.63, 3.8) is 0 Å². The van der Waals surface area contributed by atoms with Crippen LogP contribution in [0.5, 0.6) is 0 Å². The van der Waals surface area contributed by atoms with Crippen LogP contribution in [0, 0.1) is 5.92 Å². The molecule has 6 heteroatoms. The summed E-state index contributed by atoms with van der Waals surface area (Å²) >= 11 is 0. The Morgan fingerprint density at radius 2 is 2.18 bits per heavy atom. The van der Waals surface area contributed by atoms with Crippen molar-refractivity contribution in [2.45, 2.75) is 32.4 Å². The number of hydrogen-bond acceptors (Lipinski definition) is 4. The van der Waals surface area contributed by atoms with Gasteiger partial charge >= 0.3 is 0 Å². The standard InChI is InChI=1S/C11H22N2O3S/c1-3-16-4-5-17(14,15)13-9(2)6-10-7-12-8-11(10)13/h9-12H,3-8H2,1-2H3. The lowest BCUT2D eigenvalue weighted by atomic mass is 10.0. The van der Waals surface area contributed by atoms with E-state index in [0.29, 0.717) is 19.1 Å². The van der Waals surface area contributed by atoms with Crippen molar-refractivity contribution in [3.8, 4) is 0 Å². The lowest BCUT2D eigenvalue weighted by Gasteiger charge is -2.26. The molecule has 0 saturated carbocycles. The number of fused-ring (bicyclic) bond motifs is 1. The molecule has 2 saturated heterocycles. The highest BCUT2D eigenvalue weighted by atomic mass is 32.2. The van der Waals surface area contributed by atoms with Gasteiger partial charge in [-0.15, -0.1) is 0 Å². The van der Waals surface area contributed by atoms with Crippen LogP contribution in [0.4, 0.5) is 0 Å². The van der Waals surface area contributed by atoms with E-state index in [1.54, 1.807) is 4.31 Å². The van der Waals surface area contributed by atoms with Crippen molar-refractivity contribution in [1.29, 1.82) is 0 Å². The second-order valence-corrected chi connectivity index (χ2v) is 6.91. The van der Waals surface area contributed by atoms with Gasteiger partial charge in [0.2, 0.25) is 10.0 Å². The zero-order chi connectivity index (χ0) is 12.5. The third kappa shape index (κ3) is 2.65. The first-order chi connectivity index (χ1) is 8.06. The number of nitrogens with one attached hydrogen (secondary N) is 1. The van der Waals surface area contributed by atoms with Crippen LogP contribution in [0.25, 0.3) is 0 Å². The van der Waals surface area contributed by atoms with E-state index in [0.717, 1.165) is 19.5 Å². The minimum Gasteiger partial charge on any atom is -0.381 e. The summed E-state index contributed by atoms with van der Waals surface area (Å²) in [6.45, 7) is 6.50. The number of ether oxygens (including phenoxy) is 1. The van der Waals surface area contributed by atoms with Crippen LogP contribution in [0.2, 0.25) is 0 Å². The molecule has 17 heavy (non-hydrogen) atoms. The molecule has 0 aromatic rings. The summed E-state index contributed by atoms with van der Waals surface area (Å²) in [6, 6.07) is 0.301. The normalized spacial score (nSPS) is 34.1. The van der Waals surface area contributed by atoms with Crippen molar-refractivity contribution in [2.24, 2.45) is 5.92 Å². The van der Waals surface area contributed by atoms with Crippen LogP contribution in [-0.4, -0.2) is 56.9 Å². The SMILES string of the molecule is CCOCCS(=O)(=O)N1C(C)CC2CNCC21. The zero-order valence-corrected chi connectivity index (χ0v) is 11.4. The first-order valence-electron chi connectivity index (χ1n) is 6.36. The molecule has 2 rings (SSSR count). The van der Waals surface area contributed by atoms with Gasteiger partial charge in [-0.05, 0) is 32.7 Å². The maximum absolute atomic E-state index is 12.3. The summed E-state index contributed by atoms with van der Waals surface area (Å²) in [7, 11) is -3.17. The minimum atomic E-state index is -3.17. The minimum absolute atomic E-state index is 0.106. The predicted molar refractivity (Wildman–Crippen MR) is 66.3 cm³/mol. The molecule has 0 aliphatic carbocycles. The van der Waals surface area contributed by atoms with Crippen LogP contribution in [0.3, 0.4) is 0 Å². The average Bonchev–Trinajstić information content (AvgIpc) is 2.76. The van der Waals surface area contributed by atoms with Gasteiger partial charge in [-0.25, -0.2) is 8.42 Å². The summed E-state index contributed by atoms with van der Waals surface area (Å²) in [6.07, 6.45) is 0.978. The molecule has 100 valence electrons. The predicted octanol–water partition coefficient (Wildman–Crippen LogP) is 0.0349. The van der Waals surface area contributed by atoms with E-state index in [4.69, 9.17) is 4.74 Å².